The Morgan fingerprint density at radius 1 is 1.39 bits per heavy atom. The fourth-order valence-corrected chi connectivity index (χ4v) is 1.62. The first-order chi connectivity index (χ1) is 8.78. The standard InChI is InChI=1S/C13H13N3O2/c1-3-11(17-2)12-15-13(18-16-12)10-6-4-9(8-14)5-7-10/h4-7,11H,3H2,1-2H3. The number of nitriles is 1. The summed E-state index contributed by atoms with van der Waals surface area (Å²) in [5, 5.41) is 12.6. The maximum atomic E-state index is 8.72. The zero-order chi connectivity index (χ0) is 13.0. The van der Waals surface area contributed by atoms with E-state index in [1.165, 1.54) is 0 Å². The monoisotopic (exact) mass is 243 g/mol. The van der Waals surface area contributed by atoms with Crippen molar-refractivity contribution in [2.75, 3.05) is 7.11 Å². The van der Waals surface area contributed by atoms with Crippen LogP contribution in [0.1, 0.15) is 30.8 Å². The number of rotatable bonds is 4. The molecule has 0 aliphatic heterocycles. The quantitative estimate of drug-likeness (QED) is 0.825. The predicted molar refractivity (Wildman–Crippen MR) is 64.5 cm³/mol. The number of methoxy groups -OCH3 is 1. The summed E-state index contributed by atoms with van der Waals surface area (Å²) in [6.45, 7) is 1.99. The van der Waals surface area contributed by atoms with Crippen LogP contribution in [-0.2, 0) is 4.74 Å². The van der Waals surface area contributed by atoms with E-state index in [-0.39, 0.29) is 6.10 Å². The lowest BCUT2D eigenvalue weighted by Gasteiger charge is -2.05. The van der Waals surface area contributed by atoms with Crippen molar-refractivity contribution in [1.29, 1.82) is 5.26 Å². The molecule has 0 spiro atoms. The molecule has 0 amide bonds. The molecule has 1 aromatic carbocycles. The molecule has 0 saturated carbocycles. The maximum Gasteiger partial charge on any atom is 0.258 e. The molecular weight excluding hydrogens is 230 g/mol. The summed E-state index contributed by atoms with van der Waals surface area (Å²) in [6, 6.07) is 9.05. The van der Waals surface area contributed by atoms with Gasteiger partial charge in [0.25, 0.3) is 5.89 Å². The number of nitrogens with zero attached hydrogens (tertiary/aromatic N) is 3. The fraction of sp³-hybridized carbons (Fsp3) is 0.308. The van der Waals surface area contributed by atoms with Crippen LogP contribution in [0.2, 0.25) is 0 Å². The first-order valence-corrected chi connectivity index (χ1v) is 5.65. The van der Waals surface area contributed by atoms with Gasteiger partial charge in [0, 0.05) is 12.7 Å². The van der Waals surface area contributed by atoms with Crippen LogP contribution in [0.4, 0.5) is 0 Å². The molecule has 2 rings (SSSR count). The highest BCUT2D eigenvalue weighted by atomic mass is 16.5. The van der Waals surface area contributed by atoms with Gasteiger partial charge in [-0.25, -0.2) is 0 Å². The maximum absolute atomic E-state index is 8.72. The molecule has 2 aromatic rings. The second-order valence-corrected chi connectivity index (χ2v) is 3.78. The summed E-state index contributed by atoms with van der Waals surface area (Å²) in [7, 11) is 1.62. The molecule has 0 N–H and O–H groups in total. The van der Waals surface area contributed by atoms with Crippen LogP contribution in [-0.4, -0.2) is 17.3 Å². The lowest BCUT2D eigenvalue weighted by Crippen LogP contribution is -2.01. The largest absolute Gasteiger partial charge is 0.373 e. The van der Waals surface area contributed by atoms with Crippen molar-refractivity contribution in [3.8, 4) is 17.5 Å². The van der Waals surface area contributed by atoms with E-state index in [0.29, 0.717) is 17.3 Å². The average Bonchev–Trinajstić information content (AvgIpc) is 2.90. The number of hydrogen-bond acceptors (Lipinski definition) is 5. The van der Waals surface area contributed by atoms with Gasteiger partial charge in [-0.3, -0.25) is 0 Å². The van der Waals surface area contributed by atoms with Gasteiger partial charge >= 0.3 is 0 Å². The Bertz CT molecular complexity index is 550. The molecule has 0 aliphatic carbocycles. The summed E-state index contributed by atoms with van der Waals surface area (Å²) in [4.78, 5) is 4.29. The third kappa shape index (κ3) is 2.39. The van der Waals surface area contributed by atoms with E-state index in [0.717, 1.165) is 12.0 Å². The minimum absolute atomic E-state index is 0.152. The SMILES string of the molecule is CCC(OC)c1noc(-c2ccc(C#N)cc2)n1. The van der Waals surface area contributed by atoms with Gasteiger partial charge in [-0.1, -0.05) is 12.1 Å². The van der Waals surface area contributed by atoms with Gasteiger partial charge in [0.1, 0.15) is 6.10 Å². The summed E-state index contributed by atoms with van der Waals surface area (Å²) in [6.07, 6.45) is 0.629. The Kier molecular flexibility index (Phi) is 3.70. The molecule has 5 nitrogen and oxygen atoms in total. The summed E-state index contributed by atoms with van der Waals surface area (Å²) >= 11 is 0. The van der Waals surface area contributed by atoms with Gasteiger partial charge in [0.05, 0.1) is 11.6 Å². The minimum atomic E-state index is -0.152. The first kappa shape index (κ1) is 12.3. The van der Waals surface area contributed by atoms with E-state index in [2.05, 4.69) is 16.2 Å². The summed E-state index contributed by atoms with van der Waals surface area (Å²) in [5.74, 6) is 0.976. The van der Waals surface area contributed by atoms with Crippen molar-refractivity contribution >= 4 is 0 Å². The number of ether oxygens (including phenoxy) is 1. The third-order valence-electron chi connectivity index (χ3n) is 2.65. The average molecular weight is 243 g/mol. The van der Waals surface area contributed by atoms with Gasteiger partial charge in [-0.2, -0.15) is 10.2 Å². The summed E-state index contributed by atoms with van der Waals surface area (Å²) in [5.41, 5.74) is 1.39. The van der Waals surface area contributed by atoms with Crippen molar-refractivity contribution in [3.63, 3.8) is 0 Å². The van der Waals surface area contributed by atoms with E-state index in [9.17, 15) is 0 Å². The molecule has 0 bridgehead atoms. The van der Waals surface area contributed by atoms with E-state index < -0.39 is 0 Å². The third-order valence-corrected chi connectivity index (χ3v) is 2.65. The highest BCUT2D eigenvalue weighted by Crippen LogP contribution is 2.22. The molecule has 0 aliphatic rings. The second-order valence-electron chi connectivity index (χ2n) is 3.78. The second kappa shape index (κ2) is 5.43. The molecule has 0 radical (unpaired) electrons. The molecule has 1 aromatic heterocycles. The molecule has 1 unspecified atom stereocenters. The Morgan fingerprint density at radius 3 is 2.67 bits per heavy atom. The van der Waals surface area contributed by atoms with E-state index in [4.69, 9.17) is 14.5 Å². The Labute approximate surface area is 105 Å². The van der Waals surface area contributed by atoms with Crippen LogP contribution in [0, 0.1) is 11.3 Å². The molecule has 0 fully saturated rings. The van der Waals surface area contributed by atoms with Crippen molar-refractivity contribution in [1.82, 2.24) is 10.1 Å². The highest BCUT2D eigenvalue weighted by molar-refractivity contribution is 5.54. The number of aromatic nitrogens is 2. The smallest absolute Gasteiger partial charge is 0.258 e. The van der Waals surface area contributed by atoms with Crippen LogP contribution in [0.5, 0.6) is 0 Å². The van der Waals surface area contributed by atoms with Gasteiger partial charge < -0.3 is 9.26 Å². The zero-order valence-corrected chi connectivity index (χ0v) is 10.3. The fourth-order valence-electron chi connectivity index (χ4n) is 1.62. The Hall–Kier alpha value is -2.19. The predicted octanol–water partition coefficient (Wildman–Crippen LogP) is 2.71. The normalized spacial score (nSPS) is 12.1. The molecule has 1 heterocycles. The van der Waals surface area contributed by atoms with Crippen molar-refractivity contribution < 1.29 is 9.26 Å². The molecule has 92 valence electrons. The van der Waals surface area contributed by atoms with Gasteiger partial charge in [-0.05, 0) is 30.7 Å². The van der Waals surface area contributed by atoms with E-state index in [1.807, 2.05) is 6.92 Å². The topological polar surface area (TPSA) is 71.9 Å². The van der Waals surface area contributed by atoms with Crippen molar-refractivity contribution in [2.45, 2.75) is 19.4 Å². The lowest BCUT2D eigenvalue weighted by atomic mass is 10.1. The van der Waals surface area contributed by atoms with Gasteiger partial charge in [-0.15, -0.1) is 0 Å². The molecular formula is C13H13N3O2. The molecule has 5 heteroatoms. The summed E-state index contributed by atoms with van der Waals surface area (Å²) < 4.78 is 10.4. The first-order valence-electron chi connectivity index (χ1n) is 5.65. The van der Waals surface area contributed by atoms with E-state index in [1.54, 1.807) is 31.4 Å². The zero-order valence-electron chi connectivity index (χ0n) is 10.3. The Balaban J connectivity index is 2.26. The molecule has 18 heavy (non-hydrogen) atoms. The Morgan fingerprint density at radius 2 is 2.11 bits per heavy atom. The van der Waals surface area contributed by atoms with Crippen LogP contribution in [0.3, 0.4) is 0 Å². The van der Waals surface area contributed by atoms with Crippen LogP contribution >= 0.6 is 0 Å². The minimum Gasteiger partial charge on any atom is -0.373 e. The number of benzene rings is 1. The van der Waals surface area contributed by atoms with Crippen LogP contribution < -0.4 is 0 Å². The van der Waals surface area contributed by atoms with Gasteiger partial charge in [0.2, 0.25) is 5.82 Å². The van der Waals surface area contributed by atoms with Crippen LogP contribution in [0.15, 0.2) is 28.8 Å². The van der Waals surface area contributed by atoms with Crippen LogP contribution in [0.25, 0.3) is 11.5 Å². The van der Waals surface area contributed by atoms with Gasteiger partial charge in [0.15, 0.2) is 0 Å². The van der Waals surface area contributed by atoms with E-state index >= 15 is 0 Å². The van der Waals surface area contributed by atoms with Crippen molar-refractivity contribution in [3.05, 3.63) is 35.7 Å². The molecule has 1 atom stereocenters. The van der Waals surface area contributed by atoms with Crippen molar-refractivity contribution in [2.24, 2.45) is 0 Å². The highest BCUT2D eigenvalue weighted by Gasteiger charge is 2.16. The lowest BCUT2D eigenvalue weighted by molar-refractivity contribution is 0.0903. The number of hydrogen-bond donors (Lipinski definition) is 0. The molecule has 0 saturated heterocycles.